The molecule has 2 aromatic carbocycles. The Labute approximate surface area is 235 Å². The van der Waals surface area contributed by atoms with Crippen molar-refractivity contribution in [3.05, 3.63) is 70.3 Å². The molecule has 5 rings (SSSR count). The van der Waals surface area contributed by atoms with E-state index in [0.29, 0.717) is 55.7 Å². The second-order valence-electron chi connectivity index (χ2n) is 11.4. The van der Waals surface area contributed by atoms with Crippen molar-refractivity contribution in [2.75, 3.05) is 32.8 Å². The van der Waals surface area contributed by atoms with Crippen LogP contribution >= 0.6 is 0 Å². The molecule has 1 spiro atoms. The molecule has 0 saturated carbocycles. The Morgan fingerprint density at radius 3 is 2.58 bits per heavy atom. The van der Waals surface area contributed by atoms with E-state index in [1.807, 2.05) is 40.1 Å². The van der Waals surface area contributed by atoms with Gasteiger partial charge in [0.15, 0.2) is 0 Å². The van der Waals surface area contributed by atoms with Crippen molar-refractivity contribution in [3.63, 3.8) is 0 Å². The first-order chi connectivity index (χ1) is 19.4. The molecular weight excluding hydrogens is 504 g/mol. The molecule has 212 valence electrons. The largest absolute Gasteiger partial charge is 0.491 e. The number of aryl methyl sites for hydroxylation is 2. The number of carbonyl (C=O) groups excluding carboxylic acids is 2. The number of amides is 2. The minimum Gasteiger partial charge on any atom is -0.491 e. The number of piperidine rings is 1. The number of nitrogens with one attached hydrogen (secondary N) is 1. The van der Waals surface area contributed by atoms with Crippen LogP contribution in [0.5, 0.6) is 5.75 Å². The summed E-state index contributed by atoms with van der Waals surface area (Å²) >= 11 is 0. The topological polar surface area (TPSA) is 95.6 Å². The van der Waals surface area contributed by atoms with Crippen LogP contribution in [0.1, 0.15) is 63.3 Å². The Bertz CT molecular complexity index is 1390. The number of ether oxygens (including phenoxy) is 1. The van der Waals surface area contributed by atoms with E-state index in [9.17, 15) is 14.4 Å². The maximum absolute atomic E-state index is 13.6. The van der Waals surface area contributed by atoms with Crippen LogP contribution in [-0.2, 0) is 22.4 Å². The summed E-state index contributed by atoms with van der Waals surface area (Å²) in [6, 6.07) is 15.5. The summed E-state index contributed by atoms with van der Waals surface area (Å²) in [5.74, 6) is 1.75. The number of aromatic nitrogens is 2. The van der Waals surface area contributed by atoms with Gasteiger partial charge in [0.05, 0.1) is 17.4 Å². The smallest absolute Gasteiger partial charge is 0.258 e. The molecule has 40 heavy (non-hydrogen) atoms. The average Bonchev–Trinajstić information content (AvgIpc) is 2.95. The number of hydrogen-bond donors (Lipinski definition) is 1. The number of hydrogen-bond acceptors (Lipinski definition) is 5. The summed E-state index contributed by atoms with van der Waals surface area (Å²) in [7, 11) is 0. The van der Waals surface area contributed by atoms with Crippen molar-refractivity contribution >= 4 is 22.7 Å². The van der Waals surface area contributed by atoms with E-state index < -0.39 is 0 Å². The van der Waals surface area contributed by atoms with Gasteiger partial charge in [0.1, 0.15) is 18.2 Å². The maximum Gasteiger partial charge on any atom is 0.258 e. The van der Waals surface area contributed by atoms with Crippen LogP contribution < -0.4 is 10.3 Å². The quantitative estimate of drug-likeness (QED) is 0.522. The molecule has 1 N–H and O–H groups in total. The Balaban J connectivity index is 1.29. The number of benzene rings is 2. The Morgan fingerprint density at radius 1 is 0.975 bits per heavy atom. The third-order valence-corrected chi connectivity index (χ3v) is 8.61. The van der Waals surface area contributed by atoms with Crippen LogP contribution in [0.2, 0.25) is 0 Å². The van der Waals surface area contributed by atoms with Crippen LogP contribution in [0.4, 0.5) is 0 Å². The molecule has 1 aromatic heterocycles. The predicted molar refractivity (Wildman–Crippen MR) is 155 cm³/mol. The van der Waals surface area contributed by atoms with Crippen LogP contribution in [0.3, 0.4) is 0 Å². The molecule has 2 amide bonds. The first-order valence-corrected chi connectivity index (χ1v) is 14.6. The summed E-state index contributed by atoms with van der Waals surface area (Å²) in [6.07, 6.45) is 7.52. The molecule has 0 aliphatic carbocycles. The fourth-order valence-corrected chi connectivity index (χ4v) is 6.23. The van der Waals surface area contributed by atoms with E-state index in [-0.39, 0.29) is 22.8 Å². The summed E-state index contributed by atoms with van der Waals surface area (Å²) in [4.78, 5) is 49.5. The fourth-order valence-electron chi connectivity index (χ4n) is 6.23. The molecule has 0 unspecified atom stereocenters. The highest BCUT2D eigenvalue weighted by Crippen LogP contribution is 2.38. The fraction of sp³-hybridized carbons (Fsp3) is 0.500. The number of aromatic amines is 1. The summed E-state index contributed by atoms with van der Waals surface area (Å²) in [5, 5.41) is 0.573. The van der Waals surface area contributed by atoms with Gasteiger partial charge in [-0.1, -0.05) is 36.8 Å². The highest BCUT2D eigenvalue weighted by Gasteiger charge is 2.37. The molecule has 8 nitrogen and oxygen atoms in total. The van der Waals surface area contributed by atoms with Crippen molar-refractivity contribution in [3.8, 4) is 5.75 Å². The zero-order chi connectivity index (χ0) is 28.0. The highest BCUT2D eigenvalue weighted by atomic mass is 16.5. The third kappa shape index (κ3) is 6.72. The van der Waals surface area contributed by atoms with E-state index in [4.69, 9.17) is 4.74 Å². The second kappa shape index (κ2) is 12.7. The van der Waals surface area contributed by atoms with Gasteiger partial charge in [0.25, 0.3) is 5.56 Å². The lowest BCUT2D eigenvalue weighted by Crippen LogP contribution is -2.49. The van der Waals surface area contributed by atoms with Crippen LogP contribution in [-0.4, -0.2) is 64.4 Å². The summed E-state index contributed by atoms with van der Waals surface area (Å²) in [5.41, 5.74) is 1.75. The lowest BCUT2D eigenvalue weighted by molar-refractivity contribution is -0.137. The van der Waals surface area contributed by atoms with Gasteiger partial charge in [-0.3, -0.25) is 14.4 Å². The van der Waals surface area contributed by atoms with Crippen LogP contribution in [0.15, 0.2) is 53.3 Å². The molecule has 3 aromatic rings. The van der Waals surface area contributed by atoms with Crippen molar-refractivity contribution in [1.29, 1.82) is 0 Å². The SMILES string of the molecule is CC(=O)N1CCC2(CCCCc3ccccc3OCCN(C(=O)CCCc3nc4ccccc4c(=O)[nH]3)C2)CC1. The standard InChI is InChI=1S/C32H40N4O4/c1-24(37)35-19-17-32(18-20-35)16-7-6-10-25-9-2-5-13-28(25)40-22-21-36(23-32)30(38)15-8-14-29-33-27-12-4-3-11-26(27)31(39)34-29/h2-5,9,11-13H,6-8,10,14-23H2,1H3,(H,33,34,39). The average molecular weight is 545 g/mol. The van der Waals surface area contributed by atoms with E-state index in [1.54, 1.807) is 13.0 Å². The van der Waals surface area contributed by atoms with Gasteiger partial charge in [0.2, 0.25) is 11.8 Å². The van der Waals surface area contributed by atoms with Gasteiger partial charge < -0.3 is 19.5 Å². The number of likely N-dealkylation sites (tertiary alicyclic amines) is 1. The minimum absolute atomic E-state index is 0.00542. The van der Waals surface area contributed by atoms with Crippen molar-refractivity contribution in [2.24, 2.45) is 5.41 Å². The lowest BCUT2D eigenvalue weighted by atomic mass is 9.73. The molecule has 1 fully saturated rings. The predicted octanol–water partition coefficient (Wildman–Crippen LogP) is 4.51. The number of H-pyrrole nitrogens is 1. The number of rotatable bonds is 4. The third-order valence-electron chi connectivity index (χ3n) is 8.61. The van der Waals surface area contributed by atoms with E-state index in [1.165, 1.54) is 5.56 Å². The van der Waals surface area contributed by atoms with Crippen molar-refractivity contribution in [2.45, 2.75) is 64.7 Å². The van der Waals surface area contributed by atoms with Crippen LogP contribution in [0.25, 0.3) is 10.9 Å². The number of para-hydroxylation sites is 2. The monoisotopic (exact) mass is 544 g/mol. The van der Waals surface area contributed by atoms with Gasteiger partial charge >= 0.3 is 0 Å². The lowest BCUT2D eigenvalue weighted by Gasteiger charge is -2.44. The van der Waals surface area contributed by atoms with Crippen molar-refractivity contribution in [1.82, 2.24) is 19.8 Å². The highest BCUT2D eigenvalue weighted by molar-refractivity contribution is 5.77. The molecule has 1 saturated heterocycles. The summed E-state index contributed by atoms with van der Waals surface area (Å²) in [6.45, 7) is 4.79. The maximum atomic E-state index is 13.6. The molecular formula is C32H40N4O4. The van der Waals surface area contributed by atoms with Gasteiger partial charge in [-0.05, 0) is 67.7 Å². The zero-order valence-corrected chi connectivity index (χ0v) is 23.5. The molecule has 2 aliphatic rings. The van der Waals surface area contributed by atoms with Crippen molar-refractivity contribution < 1.29 is 14.3 Å². The number of nitrogens with zero attached hydrogens (tertiary/aromatic N) is 3. The van der Waals surface area contributed by atoms with Gasteiger partial charge in [-0.2, -0.15) is 0 Å². The number of carbonyl (C=O) groups is 2. The Hall–Kier alpha value is -3.68. The van der Waals surface area contributed by atoms with Gasteiger partial charge in [-0.15, -0.1) is 0 Å². The van der Waals surface area contributed by atoms with E-state index >= 15 is 0 Å². The first-order valence-electron chi connectivity index (χ1n) is 14.6. The molecule has 0 bridgehead atoms. The zero-order valence-electron chi connectivity index (χ0n) is 23.5. The van der Waals surface area contributed by atoms with E-state index in [0.717, 1.165) is 57.4 Å². The molecule has 2 aliphatic heterocycles. The van der Waals surface area contributed by atoms with Crippen LogP contribution in [0, 0.1) is 5.41 Å². The summed E-state index contributed by atoms with van der Waals surface area (Å²) < 4.78 is 6.20. The van der Waals surface area contributed by atoms with Gasteiger partial charge in [-0.25, -0.2) is 4.98 Å². The van der Waals surface area contributed by atoms with Gasteiger partial charge in [0, 0.05) is 39.4 Å². The number of fused-ring (bicyclic) bond motifs is 2. The Kier molecular flexibility index (Phi) is 8.82. The molecule has 0 atom stereocenters. The molecule has 3 heterocycles. The Morgan fingerprint density at radius 2 is 1.75 bits per heavy atom. The first kappa shape index (κ1) is 27.9. The minimum atomic E-state index is -0.147. The normalized spacial score (nSPS) is 17.9. The second-order valence-corrected chi connectivity index (χ2v) is 11.4. The van der Waals surface area contributed by atoms with E-state index in [2.05, 4.69) is 22.1 Å². The molecule has 0 radical (unpaired) electrons. The molecule has 8 heteroatoms.